The second-order valence-corrected chi connectivity index (χ2v) is 5.76. The Kier molecular flexibility index (Phi) is 4.60. The van der Waals surface area contributed by atoms with Gasteiger partial charge in [-0.25, -0.2) is 0 Å². The molecular weight excluding hydrogens is 392 g/mol. The van der Waals surface area contributed by atoms with Crippen molar-refractivity contribution >= 4 is 56.2 Å². The van der Waals surface area contributed by atoms with Gasteiger partial charge in [-0.2, -0.15) is 13.2 Å². The summed E-state index contributed by atoms with van der Waals surface area (Å²) in [5.41, 5.74) is 4.66. The van der Waals surface area contributed by atoms with E-state index >= 15 is 0 Å². The first kappa shape index (κ1) is 16.3. The molecule has 21 heavy (non-hydrogen) atoms. The van der Waals surface area contributed by atoms with Gasteiger partial charge in [0.15, 0.2) is 0 Å². The van der Waals surface area contributed by atoms with Gasteiger partial charge in [0, 0.05) is 10.2 Å². The minimum absolute atomic E-state index is 0.0211. The lowest BCUT2D eigenvalue weighted by Crippen LogP contribution is -2.09. The van der Waals surface area contributed by atoms with Gasteiger partial charge in [-0.1, -0.05) is 23.2 Å². The molecule has 0 fully saturated rings. The number of nitrogens with one attached hydrogen (secondary N) is 1. The fraction of sp³-hybridized carbons (Fsp3) is 0.0769. The van der Waals surface area contributed by atoms with Gasteiger partial charge in [-0.15, -0.1) is 0 Å². The SMILES string of the molecule is Nc1ccc(Nc2ccc(Br)c(Cl)c2Cl)c(C(F)(F)F)c1. The van der Waals surface area contributed by atoms with E-state index in [0.717, 1.165) is 6.07 Å². The third-order valence-corrected chi connectivity index (χ3v) is 4.42. The van der Waals surface area contributed by atoms with E-state index < -0.39 is 11.7 Å². The number of benzene rings is 2. The quantitative estimate of drug-likeness (QED) is 0.472. The summed E-state index contributed by atoms with van der Waals surface area (Å²) < 4.78 is 39.6. The number of halogens is 6. The zero-order valence-corrected chi connectivity index (χ0v) is 13.3. The summed E-state index contributed by atoms with van der Waals surface area (Å²) in [5.74, 6) is 0. The number of alkyl halides is 3. The van der Waals surface area contributed by atoms with E-state index in [1.807, 2.05) is 0 Å². The van der Waals surface area contributed by atoms with Crippen LogP contribution in [0.3, 0.4) is 0 Å². The summed E-state index contributed by atoms with van der Waals surface area (Å²) in [7, 11) is 0. The fourth-order valence-electron chi connectivity index (χ4n) is 1.67. The maximum atomic E-state index is 13.0. The lowest BCUT2D eigenvalue weighted by Gasteiger charge is -2.16. The van der Waals surface area contributed by atoms with Crippen LogP contribution < -0.4 is 11.1 Å². The second-order valence-electron chi connectivity index (χ2n) is 4.15. The molecule has 0 aliphatic rings. The van der Waals surface area contributed by atoms with Crippen molar-refractivity contribution in [2.75, 3.05) is 11.1 Å². The summed E-state index contributed by atoms with van der Waals surface area (Å²) in [6, 6.07) is 6.57. The molecule has 0 aliphatic carbocycles. The van der Waals surface area contributed by atoms with Crippen LogP contribution in [0.1, 0.15) is 5.56 Å². The predicted molar refractivity (Wildman–Crippen MR) is 83.3 cm³/mol. The van der Waals surface area contributed by atoms with Crippen LogP contribution in [0.2, 0.25) is 10.0 Å². The molecule has 0 aromatic heterocycles. The first-order chi connectivity index (χ1) is 9.70. The Morgan fingerprint density at radius 1 is 1.00 bits per heavy atom. The van der Waals surface area contributed by atoms with Crippen molar-refractivity contribution in [3.63, 3.8) is 0 Å². The van der Waals surface area contributed by atoms with Crippen molar-refractivity contribution in [1.29, 1.82) is 0 Å². The number of anilines is 3. The van der Waals surface area contributed by atoms with Gasteiger partial charge >= 0.3 is 6.18 Å². The van der Waals surface area contributed by atoms with Crippen LogP contribution in [-0.4, -0.2) is 0 Å². The van der Waals surface area contributed by atoms with Crippen molar-refractivity contribution in [3.8, 4) is 0 Å². The average Bonchev–Trinajstić information content (AvgIpc) is 2.40. The molecule has 2 nitrogen and oxygen atoms in total. The highest BCUT2D eigenvalue weighted by molar-refractivity contribution is 9.10. The van der Waals surface area contributed by atoms with Crippen LogP contribution >= 0.6 is 39.1 Å². The van der Waals surface area contributed by atoms with Gasteiger partial charge in [-0.3, -0.25) is 0 Å². The van der Waals surface area contributed by atoms with Gasteiger partial charge in [0.1, 0.15) is 0 Å². The van der Waals surface area contributed by atoms with Gasteiger partial charge in [0.25, 0.3) is 0 Å². The summed E-state index contributed by atoms with van der Waals surface area (Å²) in [4.78, 5) is 0. The van der Waals surface area contributed by atoms with Crippen molar-refractivity contribution in [2.45, 2.75) is 6.18 Å². The fourth-order valence-corrected chi connectivity index (χ4v) is 2.49. The van der Waals surface area contributed by atoms with Gasteiger partial charge in [0.2, 0.25) is 0 Å². The topological polar surface area (TPSA) is 38.0 Å². The molecule has 0 radical (unpaired) electrons. The van der Waals surface area contributed by atoms with Gasteiger partial charge in [0.05, 0.1) is 27.0 Å². The van der Waals surface area contributed by atoms with E-state index in [-0.39, 0.29) is 27.1 Å². The van der Waals surface area contributed by atoms with Crippen LogP contribution in [0.25, 0.3) is 0 Å². The molecular formula is C13H8BrCl2F3N2. The number of hydrogen-bond acceptors (Lipinski definition) is 2. The normalized spacial score (nSPS) is 11.5. The highest BCUT2D eigenvalue weighted by Gasteiger charge is 2.34. The van der Waals surface area contributed by atoms with Crippen LogP contribution in [-0.2, 0) is 6.18 Å². The number of nitrogens with two attached hydrogens (primary N) is 1. The Morgan fingerprint density at radius 3 is 2.24 bits per heavy atom. The summed E-state index contributed by atoms with van der Waals surface area (Å²) >= 11 is 15.1. The Morgan fingerprint density at radius 2 is 1.62 bits per heavy atom. The molecule has 2 rings (SSSR count). The second kappa shape index (κ2) is 5.94. The Bertz CT molecular complexity index is 690. The lowest BCUT2D eigenvalue weighted by molar-refractivity contribution is -0.136. The minimum Gasteiger partial charge on any atom is -0.399 e. The summed E-state index contributed by atoms with van der Waals surface area (Å²) in [5, 5.41) is 2.96. The molecule has 0 spiro atoms. The maximum Gasteiger partial charge on any atom is 0.418 e. The van der Waals surface area contributed by atoms with Crippen molar-refractivity contribution in [3.05, 3.63) is 50.4 Å². The van der Waals surface area contributed by atoms with Crippen LogP contribution in [0.4, 0.5) is 30.2 Å². The van der Waals surface area contributed by atoms with E-state index in [1.54, 1.807) is 6.07 Å². The molecule has 2 aromatic carbocycles. The molecule has 0 saturated carbocycles. The van der Waals surface area contributed by atoms with E-state index in [0.29, 0.717) is 4.47 Å². The Labute approximate surface area is 137 Å². The average molecular weight is 400 g/mol. The van der Waals surface area contributed by atoms with E-state index in [1.165, 1.54) is 18.2 Å². The standard InChI is InChI=1S/C13H8BrCl2F3N2/c14-8-2-4-10(12(16)11(8)15)21-9-3-1-6(20)5-7(9)13(17,18)19/h1-5,21H,20H2. The maximum absolute atomic E-state index is 13.0. The third kappa shape index (κ3) is 3.56. The van der Waals surface area contributed by atoms with Crippen molar-refractivity contribution in [2.24, 2.45) is 0 Å². The molecule has 8 heteroatoms. The minimum atomic E-state index is -4.54. The number of hydrogen-bond donors (Lipinski definition) is 2. The monoisotopic (exact) mass is 398 g/mol. The molecule has 112 valence electrons. The van der Waals surface area contributed by atoms with Crippen molar-refractivity contribution in [1.82, 2.24) is 0 Å². The molecule has 3 N–H and O–H groups in total. The van der Waals surface area contributed by atoms with Gasteiger partial charge < -0.3 is 11.1 Å². The molecule has 0 saturated heterocycles. The van der Waals surface area contributed by atoms with Crippen molar-refractivity contribution < 1.29 is 13.2 Å². The number of rotatable bonds is 2. The molecule has 0 aliphatic heterocycles. The highest BCUT2D eigenvalue weighted by Crippen LogP contribution is 2.41. The molecule has 0 bridgehead atoms. The zero-order chi connectivity index (χ0) is 15.8. The predicted octanol–water partition coefficient (Wildman–Crippen LogP) is 6.10. The van der Waals surface area contributed by atoms with Crippen LogP contribution in [0.15, 0.2) is 34.8 Å². The first-order valence-corrected chi connectivity index (χ1v) is 7.12. The largest absolute Gasteiger partial charge is 0.418 e. The Hall–Kier alpha value is -1.11. The molecule has 0 heterocycles. The molecule has 0 amide bonds. The molecule has 2 aromatic rings. The summed E-state index contributed by atoms with van der Waals surface area (Å²) in [6.07, 6.45) is -4.54. The van der Waals surface area contributed by atoms with Crippen LogP contribution in [0, 0.1) is 0 Å². The van der Waals surface area contributed by atoms with E-state index in [2.05, 4.69) is 21.2 Å². The molecule has 0 unspecified atom stereocenters. The Balaban J connectivity index is 2.48. The van der Waals surface area contributed by atoms with Gasteiger partial charge in [-0.05, 0) is 46.3 Å². The summed E-state index contributed by atoms with van der Waals surface area (Å²) in [6.45, 7) is 0. The third-order valence-electron chi connectivity index (χ3n) is 2.65. The highest BCUT2D eigenvalue weighted by atomic mass is 79.9. The van der Waals surface area contributed by atoms with E-state index in [4.69, 9.17) is 28.9 Å². The number of nitrogen functional groups attached to an aromatic ring is 1. The molecule has 0 atom stereocenters. The van der Waals surface area contributed by atoms with Crippen LogP contribution in [0.5, 0.6) is 0 Å². The smallest absolute Gasteiger partial charge is 0.399 e. The zero-order valence-electron chi connectivity index (χ0n) is 10.2. The lowest BCUT2D eigenvalue weighted by atomic mass is 10.1. The van der Waals surface area contributed by atoms with E-state index in [9.17, 15) is 13.2 Å². The first-order valence-electron chi connectivity index (χ1n) is 5.57.